The molecule has 1 saturated carbocycles. The Morgan fingerprint density at radius 3 is 2.31 bits per heavy atom. The number of pyridine rings is 2. The number of rotatable bonds is 23. The number of unbranched alkanes of at least 4 members (excludes halogenated alkanes) is 2. The van der Waals surface area contributed by atoms with Crippen LogP contribution in [0.4, 0.5) is 4.39 Å². The molecule has 2 aliphatic carbocycles. The third-order valence-electron chi connectivity index (χ3n) is 15.0. The summed E-state index contributed by atoms with van der Waals surface area (Å²) in [5.74, 6) is -5.42. The minimum Gasteiger partial charge on any atom is -0.458 e. The lowest BCUT2D eigenvalue weighted by molar-refractivity contribution is -0.172. The van der Waals surface area contributed by atoms with Gasteiger partial charge in [-0.1, -0.05) is 43.7 Å². The smallest absolute Gasteiger partial charge is 0.343 e. The molecule has 410 valence electrons. The second kappa shape index (κ2) is 22.8. The summed E-state index contributed by atoms with van der Waals surface area (Å²) in [5, 5.41) is 28.0. The number of hydrogen-bond donors (Lipinski definition) is 7. The van der Waals surface area contributed by atoms with Crippen LogP contribution in [0.15, 0.2) is 59.4 Å². The highest BCUT2D eigenvalue weighted by molar-refractivity contribution is 6.12. The monoisotopic (exact) mass is 1070 g/mol. The van der Waals surface area contributed by atoms with Gasteiger partial charge >= 0.3 is 5.97 Å². The van der Waals surface area contributed by atoms with E-state index in [9.17, 15) is 53.1 Å². The van der Waals surface area contributed by atoms with Crippen LogP contribution in [0.3, 0.4) is 0 Å². The number of aryl methyl sites for hydroxylation is 1. The summed E-state index contributed by atoms with van der Waals surface area (Å²) >= 11 is 0. The molecular formula is C55H60FN9O13. The molecule has 5 aliphatic rings. The lowest BCUT2D eigenvalue weighted by Gasteiger charge is -2.31. The number of fused-ring (bicyclic) bond motifs is 5. The van der Waals surface area contributed by atoms with Crippen LogP contribution < -0.4 is 37.5 Å². The SMILES string of the molecule is CC[C@@]1(O)C(=O)OCc2c1cc1n(c2=O)Cc2c-1nc1cc(F)c(C)c3c1c2[C@@H](NC(=O)C1(OCCNC(=O)CNC(=O)[C@H](Cc2ccccc2)NC(=O)CNC(=O)CNC(=O)CCCCCN2C(=O)C=CC2=O)CC1)CC3. The first kappa shape index (κ1) is 54.6. The summed E-state index contributed by atoms with van der Waals surface area (Å²) in [6.45, 7) is 1.89. The number of imide groups is 1. The number of ether oxygens (including phenoxy) is 2. The zero-order chi connectivity index (χ0) is 55.5. The van der Waals surface area contributed by atoms with Crippen molar-refractivity contribution in [1.82, 2.24) is 46.4 Å². The topological polar surface area (TPSA) is 303 Å². The molecule has 2 aromatic carbocycles. The van der Waals surface area contributed by atoms with E-state index in [0.29, 0.717) is 89.5 Å². The van der Waals surface area contributed by atoms with E-state index >= 15 is 4.39 Å². The molecule has 0 bridgehead atoms. The lowest BCUT2D eigenvalue weighted by Crippen LogP contribution is -2.52. The number of benzene rings is 2. The second-order valence-corrected chi connectivity index (χ2v) is 20.1. The third kappa shape index (κ3) is 11.3. The molecule has 23 heteroatoms. The molecule has 4 aromatic rings. The molecule has 8 amide bonds. The van der Waals surface area contributed by atoms with E-state index in [2.05, 4.69) is 31.9 Å². The lowest BCUT2D eigenvalue weighted by atomic mass is 9.81. The van der Waals surface area contributed by atoms with Crippen LogP contribution in [-0.2, 0) is 84.2 Å². The van der Waals surface area contributed by atoms with Crippen molar-refractivity contribution in [3.05, 3.63) is 110 Å². The van der Waals surface area contributed by atoms with Gasteiger partial charge in [-0.05, 0) is 80.2 Å². The van der Waals surface area contributed by atoms with Crippen molar-refractivity contribution in [3.8, 4) is 11.4 Å². The quantitative estimate of drug-likeness (QED) is 0.0271. The molecule has 9 rings (SSSR count). The summed E-state index contributed by atoms with van der Waals surface area (Å²) in [4.78, 5) is 134. The minimum atomic E-state index is -2.05. The number of carbonyl (C=O) groups is 9. The largest absolute Gasteiger partial charge is 0.458 e. The highest BCUT2D eigenvalue weighted by Gasteiger charge is 2.52. The molecule has 22 nitrogen and oxygen atoms in total. The van der Waals surface area contributed by atoms with Crippen molar-refractivity contribution in [2.75, 3.05) is 39.3 Å². The van der Waals surface area contributed by atoms with E-state index in [1.807, 2.05) is 0 Å². The molecule has 7 N–H and O–H groups in total. The van der Waals surface area contributed by atoms with Crippen molar-refractivity contribution in [3.63, 3.8) is 0 Å². The fourth-order valence-electron chi connectivity index (χ4n) is 10.5. The van der Waals surface area contributed by atoms with Gasteiger partial charge in [0.15, 0.2) is 5.60 Å². The van der Waals surface area contributed by atoms with Gasteiger partial charge in [0.2, 0.25) is 29.5 Å². The van der Waals surface area contributed by atoms with E-state index < -0.39 is 89.8 Å². The summed E-state index contributed by atoms with van der Waals surface area (Å²) in [6, 6.07) is 10.0. The van der Waals surface area contributed by atoms with Crippen molar-refractivity contribution < 1.29 is 62.1 Å². The summed E-state index contributed by atoms with van der Waals surface area (Å²) < 4.78 is 28.3. The average molecular weight is 1070 g/mol. The van der Waals surface area contributed by atoms with Gasteiger partial charge in [-0.25, -0.2) is 14.2 Å². The molecule has 5 heterocycles. The average Bonchev–Trinajstić information content (AvgIpc) is 4.25. The van der Waals surface area contributed by atoms with Crippen LogP contribution in [0.5, 0.6) is 0 Å². The number of esters is 1. The van der Waals surface area contributed by atoms with Crippen molar-refractivity contribution in [1.29, 1.82) is 0 Å². The van der Waals surface area contributed by atoms with E-state index in [0.717, 1.165) is 10.5 Å². The number of aromatic nitrogens is 2. The number of nitrogens with zero attached hydrogens (tertiary/aromatic N) is 3. The Hall–Kier alpha value is -8.18. The van der Waals surface area contributed by atoms with E-state index in [4.69, 9.17) is 14.5 Å². The maximum absolute atomic E-state index is 15.5. The van der Waals surface area contributed by atoms with Gasteiger partial charge in [0.05, 0.1) is 61.3 Å². The Labute approximate surface area is 446 Å². The van der Waals surface area contributed by atoms with Crippen LogP contribution >= 0.6 is 0 Å². The van der Waals surface area contributed by atoms with Gasteiger partial charge < -0.3 is 51.0 Å². The van der Waals surface area contributed by atoms with Gasteiger partial charge in [-0.15, -0.1) is 0 Å². The first-order chi connectivity index (χ1) is 37.4. The fraction of sp³-hybridized carbons (Fsp3) is 0.436. The van der Waals surface area contributed by atoms with Gasteiger partial charge in [0.1, 0.15) is 24.1 Å². The van der Waals surface area contributed by atoms with E-state index in [-0.39, 0.29) is 81.0 Å². The molecule has 0 unspecified atom stereocenters. The molecule has 2 aromatic heterocycles. The van der Waals surface area contributed by atoms with Crippen molar-refractivity contribution in [2.24, 2.45) is 0 Å². The van der Waals surface area contributed by atoms with Gasteiger partial charge in [-0.2, -0.15) is 0 Å². The minimum absolute atomic E-state index is 0.0156. The standard InChI is InChI=1S/C55H60FN9O13/c1-3-55(76)35-23-40-49-33(28-65(40)51(73)34(35)29-77-53(55)75)48-37(14-13-32-30(2)36(56)24-38(62-49)47(32)48)63-52(74)54(17-18-54)78-21-19-57-42(67)26-60-50(72)39(22-31-10-6-4-7-11-31)61-44(69)27-59-43(68)25-58-41(66)12-8-5-9-20-64-45(70)15-16-46(64)71/h4,6-7,10-11,15-16,23-24,37,39,76H,3,5,8-9,12-14,17-22,25-29H2,1-2H3,(H,57,67)(H,58,66)(H,59,68)(H,60,72)(H,61,69)(H,63,74)/t37-,39-,55-/m0/s1. The van der Waals surface area contributed by atoms with Crippen LogP contribution in [-0.4, -0.2) is 124 Å². The van der Waals surface area contributed by atoms with Gasteiger partial charge in [0.25, 0.3) is 23.3 Å². The highest BCUT2D eigenvalue weighted by atomic mass is 19.1. The molecule has 3 aliphatic heterocycles. The molecule has 78 heavy (non-hydrogen) atoms. The Bertz CT molecular complexity index is 3230. The van der Waals surface area contributed by atoms with Crippen LogP contribution in [0.25, 0.3) is 22.3 Å². The number of amides is 8. The third-order valence-corrected chi connectivity index (χ3v) is 15.0. The maximum Gasteiger partial charge on any atom is 0.343 e. The zero-order valence-electron chi connectivity index (χ0n) is 43.1. The van der Waals surface area contributed by atoms with Crippen molar-refractivity contribution in [2.45, 2.75) is 114 Å². The first-order valence-corrected chi connectivity index (χ1v) is 26.1. The Morgan fingerprint density at radius 1 is 0.872 bits per heavy atom. The van der Waals surface area contributed by atoms with Crippen LogP contribution in [0, 0.1) is 12.7 Å². The highest BCUT2D eigenvalue weighted by Crippen LogP contribution is 2.47. The summed E-state index contributed by atoms with van der Waals surface area (Å²) in [6.07, 6.45) is 5.74. The van der Waals surface area contributed by atoms with E-state index in [1.165, 1.54) is 22.8 Å². The van der Waals surface area contributed by atoms with Gasteiger partial charge in [-0.3, -0.25) is 48.1 Å². The number of nitrogens with one attached hydrogen (secondary N) is 6. The molecule has 1 fully saturated rings. The Kier molecular flexibility index (Phi) is 16.0. The summed E-state index contributed by atoms with van der Waals surface area (Å²) in [7, 11) is 0. The van der Waals surface area contributed by atoms with E-state index in [1.54, 1.807) is 50.2 Å². The number of hydrogen-bond acceptors (Lipinski definition) is 14. The van der Waals surface area contributed by atoms with Crippen LogP contribution in [0.1, 0.15) is 103 Å². The van der Waals surface area contributed by atoms with Gasteiger partial charge in [0, 0.05) is 60.7 Å². The number of aliphatic hydroxyl groups is 1. The Balaban J connectivity index is 0.751. The Morgan fingerprint density at radius 2 is 1.58 bits per heavy atom. The molecule has 0 saturated heterocycles. The second-order valence-electron chi connectivity index (χ2n) is 20.1. The number of halogens is 1. The maximum atomic E-state index is 15.5. The predicted molar refractivity (Wildman–Crippen MR) is 275 cm³/mol. The normalized spacial score (nSPS) is 18.5. The molecule has 0 radical (unpaired) electrons. The first-order valence-electron chi connectivity index (χ1n) is 26.1. The number of cyclic esters (lactones) is 1. The van der Waals surface area contributed by atoms with Crippen LogP contribution in [0.2, 0.25) is 0 Å². The van der Waals surface area contributed by atoms with Crippen molar-refractivity contribution >= 4 is 64.1 Å². The zero-order valence-corrected chi connectivity index (χ0v) is 43.1. The molecular weight excluding hydrogens is 1010 g/mol. The molecule has 0 spiro atoms. The fourth-order valence-corrected chi connectivity index (χ4v) is 10.5. The predicted octanol–water partition coefficient (Wildman–Crippen LogP) is 0.858. The summed E-state index contributed by atoms with van der Waals surface area (Å²) in [5.41, 5.74) is 0.923. The molecule has 3 atom stereocenters. The number of carbonyl (C=O) groups excluding carboxylic acids is 9.